The molecule has 5 nitrogen and oxygen atoms in total. The summed E-state index contributed by atoms with van der Waals surface area (Å²) in [5.74, 6) is -0.0218. The zero-order chi connectivity index (χ0) is 13.3. The predicted octanol–water partition coefficient (Wildman–Crippen LogP) is 2.16. The maximum absolute atomic E-state index is 12.1. The zero-order valence-corrected chi connectivity index (χ0v) is 10.8. The van der Waals surface area contributed by atoms with Gasteiger partial charge in [-0.2, -0.15) is 5.10 Å². The summed E-state index contributed by atoms with van der Waals surface area (Å²) >= 11 is 0. The summed E-state index contributed by atoms with van der Waals surface area (Å²) in [5.41, 5.74) is 7.53. The van der Waals surface area contributed by atoms with Crippen LogP contribution < -0.4 is 11.1 Å². The van der Waals surface area contributed by atoms with E-state index in [0.29, 0.717) is 6.42 Å². The molecule has 0 spiro atoms. The highest BCUT2D eigenvalue weighted by molar-refractivity contribution is 6.00. The van der Waals surface area contributed by atoms with Crippen LogP contribution in [-0.4, -0.2) is 21.6 Å². The van der Waals surface area contributed by atoms with Gasteiger partial charge in [-0.25, -0.2) is 0 Å². The Labute approximate surface area is 111 Å². The van der Waals surface area contributed by atoms with Crippen LogP contribution in [0.4, 0.5) is 5.69 Å². The number of hydrogen-bond acceptors (Lipinski definition) is 3. The molecule has 0 unspecified atom stereocenters. The van der Waals surface area contributed by atoms with Crippen LogP contribution in [0.25, 0.3) is 10.9 Å². The molecular weight excluding hydrogens is 240 g/mol. The zero-order valence-electron chi connectivity index (χ0n) is 10.8. The molecular formula is C14H18N4O. The van der Waals surface area contributed by atoms with Crippen molar-refractivity contribution in [2.45, 2.75) is 37.6 Å². The van der Waals surface area contributed by atoms with Crippen molar-refractivity contribution in [3.8, 4) is 0 Å². The smallest absolute Gasteiger partial charge is 0.226 e. The number of amides is 1. The number of carbonyl (C=O) groups is 1. The fourth-order valence-corrected chi connectivity index (χ4v) is 2.84. The second-order valence-corrected chi connectivity index (χ2v) is 5.43. The average Bonchev–Trinajstić information content (AvgIpc) is 2.98. The third-order valence-corrected chi connectivity index (χ3v) is 3.86. The highest BCUT2D eigenvalue weighted by Crippen LogP contribution is 2.30. The molecule has 3 rings (SSSR count). The van der Waals surface area contributed by atoms with Crippen molar-refractivity contribution in [1.82, 2.24) is 10.2 Å². The molecule has 0 saturated heterocycles. The Bertz CT molecular complexity index is 598. The molecule has 4 N–H and O–H groups in total. The van der Waals surface area contributed by atoms with Gasteiger partial charge in [-0.3, -0.25) is 9.89 Å². The Balaban J connectivity index is 1.74. The van der Waals surface area contributed by atoms with Gasteiger partial charge in [0.2, 0.25) is 5.91 Å². The number of nitrogens with one attached hydrogen (secondary N) is 2. The summed E-state index contributed by atoms with van der Waals surface area (Å²) < 4.78 is 0. The van der Waals surface area contributed by atoms with Crippen LogP contribution in [0.5, 0.6) is 0 Å². The quantitative estimate of drug-likeness (QED) is 0.788. The first-order valence-corrected chi connectivity index (χ1v) is 6.67. The van der Waals surface area contributed by atoms with E-state index in [0.717, 1.165) is 42.3 Å². The highest BCUT2D eigenvalue weighted by atomic mass is 16.1. The molecule has 0 aliphatic heterocycles. The lowest BCUT2D eigenvalue weighted by atomic mass is 9.94. The van der Waals surface area contributed by atoms with E-state index in [9.17, 15) is 4.79 Å². The molecule has 1 saturated carbocycles. The Kier molecular flexibility index (Phi) is 2.98. The van der Waals surface area contributed by atoms with E-state index in [4.69, 9.17) is 5.73 Å². The van der Waals surface area contributed by atoms with Crippen LogP contribution >= 0.6 is 0 Å². The molecule has 19 heavy (non-hydrogen) atoms. The SMILES string of the molecule is NC1(CC(=O)Nc2cccc3cn[nH]c23)CCCC1. The van der Waals surface area contributed by atoms with E-state index in [1.165, 1.54) is 0 Å². The number of rotatable bonds is 3. The van der Waals surface area contributed by atoms with Crippen molar-refractivity contribution in [3.05, 3.63) is 24.4 Å². The number of nitrogens with zero attached hydrogens (tertiary/aromatic N) is 1. The fraction of sp³-hybridized carbons (Fsp3) is 0.429. The van der Waals surface area contributed by atoms with E-state index < -0.39 is 0 Å². The molecule has 1 aromatic heterocycles. The maximum atomic E-state index is 12.1. The first-order valence-electron chi connectivity index (χ1n) is 6.67. The number of hydrogen-bond donors (Lipinski definition) is 3. The topological polar surface area (TPSA) is 83.8 Å². The molecule has 0 bridgehead atoms. The summed E-state index contributed by atoms with van der Waals surface area (Å²) in [6, 6.07) is 5.73. The molecule has 1 aliphatic rings. The highest BCUT2D eigenvalue weighted by Gasteiger charge is 2.31. The number of H-pyrrole nitrogens is 1. The van der Waals surface area contributed by atoms with Crippen LogP contribution in [0.1, 0.15) is 32.1 Å². The lowest BCUT2D eigenvalue weighted by molar-refractivity contribution is -0.117. The van der Waals surface area contributed by atoms with E-state index in [-0.39, 0.29) is 11.4 Å². The number of carbonyl (C=O) groups excluding carboxylic acids is 1. The predicted molar refractivity (Wildman–Crippen MR) is 74.7 cm³/mol. The molecule has 1 aliphatic carbocycles. The van der Waals surface area contributed by atoms with Crippen molar-refractivity contribution in [2.75, 3.05) is 5.32 Å². The monoisotopic (exact) mass is 258 g/mol. The number of aromatic amines is 1. The lowest BCUT2D eigenvalue weighted by Crippen LogP contribution is -2.40. The van der Waals surface area contributed by atoms with Gasteiger partial charge in [-0.05, 0) is 18.9 Å². The van der Waals surface area contributed by atoms with Gasteiger partial charge in [0, 0.05) is 17.3 Å². The number of para-hydroxylation sites is 1. The second kappa shape index (κ2) is 4.66. The number of nitrogens with two attached hydrogens (primary N) is 1. The normalized spacial score (nSPS) is 17.7. The molecule has 0 atom stereocenters. The Morgan fingerprint density at radius 3 is 3.00 bits per heavy atom. The van der Waals surface area contributed by atoms with Crippen molar-refractivity contribution < 1.29 is 4.79 Å². The van der Waals surface area contributed by atoms with Gasteiger partial charge in [-0.15, -0.1) is 0 Å². The molecule has 1 amide bonds. The minimum Gasteiger partial charge on any atom is -0.325 e. The molecule has 0 radical (unpaired) electrons. The molecule has 1 aromatic carbocycles. The molecule has 2 aromatic rings. The van der Waals surface area contributed by atoms with Crippen LogP contribution in [0.15, 0.2) is 24.4 Å². The Morgan fingerprint density at radius 2 is 2.21 bits per heavy atom. The minimum atomic E-state index is -0.314. The Hall–Kier alpha value is -1.88. The van der Waals surface area contributed by atoms with Gasteiger partial charge in [0.05, 0.1) is 17.4 Å². The van der Waals surface area contributed by atoms with E-state index in [1.807, 2.05) is 18.2 Å². The third-order valence-electron chi connectivity index (χ3n) is 3.86. The largest absolute Gasteiger partial charge is 0.325 e. The van der Waals surface area contributed by atoms with Gasteiger partial charge in [0.15, 0.2) is 0 Å². The van der Waals surface area contributed by atoms with E-state index in [1.54, 1.807) is 6.20 Å². The molecule has 1 fully saturated rings. The third kappa shape index (κ3) is 2.46. The number of benzene rings is 1. The Morgan fingerprint density at radius 1 is 1.42 bits per heavy atom. The molecule has 1 heterocycles. The summed E-state index contributed by atoms with van der Waals surface area (Å²) in [7, 11) is 0. The van der Waals surface area contributed by atoms with Crippen molar-refractivity contribution in [1.29, 1.82) is 0 Å². The van der Waals surface area contributed by atoms with Crippen LogP contribution in [0.2, 0.25) is 0 Å². The van der Waals surface area contributed by atoms with Crippen molar-refractivity contribution in [3.63, 3.8) is 0 Å². The van der Waals surface area contributed by atoms with E-state index >= 15 is 0 Å². The average molecular weight is 258 g/mol. The van der Waals surface area contributed by atoms with Crippen LogP contribution in [0.3, 0.4) is 0 Å². The molecule has 100 valence electrons. The van der Waals surface area contributed by atoms with Gasteiger partial charge in [0.25, 0.3) is 0 Å². The van der Waals surface area contributed by atoms with Crippen molar-refractivity contribution in [2.24, 2.45) is 5.73 Å². The fourth-order valence-electron chi connectivity index (χ4n) is 2.84. The standard InChI is InChI=1S/C14H18N4O/c15-14(6-1-2-7-14)8-12(19)17-11-5-3-4-10-9-16-18-13(10)11/h3-5,9H,1-2,6-8,15H2,(H,16,18)(H,17,19). The second-order valence-electron chi connectivity index (χ2n) is 5.43. The summed E-state index contributed by atoms with van der Waals surface area (Å²) in [5, 5.41) is 10.8. The number of aromatic nitrogens is 2. The van der Waals surface area contributed by atoms with Gasteiger partial charge >= 0.3 is 0 Å². The van der Waals surface area contributed by atoms with Gasteiger partial charge in [-0.1, -0.05) is 25.0 Å². The summed E-state index contributed by atoms with van der Waals surface area (Å²) in [4.78, 5) is 12.1. The number of fused-ring (bicyclic) bond motifs is 1. The number of anilines is 1. The maximum Gasteiger partial charge on any atom is 0.226 e. The van der Waals surface area contributed by atoms with Crippen molar-refractivity contribution >= 4 is 22.5 Å². The minimum absolute atomic E-state index is 0.0218. The lowest BCUT2D eigenvalue weighted by Gasteiger charge is -2.22. The first-order chi connectivity index (χ1) is 9.16. The van der Waals surface area contributed by atoms with Crippen LogP contribution in [0, 0.1) is 0 Å². The first kappa shape index (κ1) is 12.2. The summed E-state index contributed by atoms with van der Waals surface area (Å²) in [6.07, 6.45) is 6.26. The van der Waals surface area contributed by atoms with E-state index in [2.05, 4.69) is 15.5 Å². The summed E-state index contributed by atoms with van der Waals surface area (Å²) in [6.45, 7) is 0. The van der Waals surface area contributed by atoms with Gasteiger partial charge < -0.3 is 11.1 Å². The van der Waals surface area contributed by atoms with Crippen LogP contribution in [-0.2, 0) is 4.79 Å². The van der Waals surface area contributed by atoms with Gasteiger partial charge in [0.1, 0.15) is 0 Å². The molecule has 5 heteroatoms.